The van der Waals surface area contributed by atoms with Gasteiger partial charge >= 0.3 is 23.9 Å². The molecule has 6 N–H and O–H groups in total. The summed E-state index contributed by atoms with van der Waals surface area (Å²) in [5.41, 5.74) is 14.0. The Kier molecular flexibility index (Phi) is 8.31. The number of para-hydroxylation sites is 2. The molecule has 214 valence electrons. The Bertz CT molecular complexity index is 1460. The zero-order chi connectivity index (χ0) is 28.9. The van der Waals surface area contributed by atoms with Gasteiger partial charge in [-0.15, -0.1) is 0 Å². The minimum absolute atomic E-state index is 0.0897. The van der Waals surface area contributed by atoms with E-state index in [-0.39, 0.29) is 19.3 Å². The van der Waals surface area contributed by atoms with Crippen LogP contribution in [0.2, 0.25) is 0 Å². The second-order valence-electron chi connectivity index (χ2n) is 9.68. The van der Waals surface area contributed by atoms with Crippen molar-refractivity contribution >= 4 is 45.7 Å². The Balaban J connectivity index is 1.38. The second kappa shape index (κ2) is 12.2. The van der Waals surface area contributed by atoms with Crippen LogP contribution < -0.4 is 11.5 Å². The lowest BCUT2D eigenvalue weighted by molar-refractivity contribution is -0.182. The predicted molar refractivity (Wildman–Crippen MR) is 146 cm³/mol. The van der Waals surface area contributed by atoms with Crippen LogP contribution in [0.1, 0.15) is 17.5 Å². The monoisotopic (exact) mass is 562 g/mol. The van der Waals surface area contributed by atoms with E-state index < -0.39 is 61.4 Å². The number of carbonyl (C=O) groups is 4. The van der Waals surface area contributed by atoms with Gasteiger partial charge in [0.15, 0.2) is 12.2 Å². The quantitative estimate of drug-likeness (QED) is 0.162. The average Bonchev–Trinajstić information content (AvgIpc) is 3.65. The van der Waals surface area contributed by atoms with E-state index in [2.05, 4.69) is 9.97 Å². The first kappa shape index (κ1) is 27.9. The van der Waals surface area contributed by atoms with Gasteiger partial charge in [0, 0.05) is 40.6 Å². The number of carbonyl (C=O) groups excluding carboxylic acids is 4. The summed E-state index contributed by atoms with van der Waals surface area (Å²) in [5.74, 6) is -2.83. The smallest absolute Gasteiger partial charge is 0.320 e. The van der Waals surface area contributed by atoms with Crippen molar-refractivity contribution in [1.29, 1.82) is 0 Å². The van der Waals surface area contributed by atoms with Gasteiger partial charge in [-0.3, -0.25) is 19.2 Å². The van der Waals surface area contributed by atoms with Gasteiger partial charge in [0.1, 0.15) is 12.2 Å². The summed E-state index contributed by atoms with van der Waals surface area (Å²) < 4.78 is 22.4. The molecule has 0 radical (unpaired) electrons. The van der Waals surface area contributed by atoms with Crippen LogP contribution in [0.4, 0.5) is 0 Å². The molecule has 5 rings (SSSR count). The first-order valence-corrected chi connectivity index (χ1v) is 13.1. The minimum Gasteiger partial charge on any atom is -0.457 e. The molecule has 4 atom stereocenters. The summed E-state index contributed by atoms with van der Waals surface area (Å²) in [5, 5.41) is 1.69. The van der Waals surface area contributed by atoms with Crippen molar-refractivity contribution in [2.45, 2.75) is 43.7 Å². The number of fused-ring (bicyclic) bond motifs is 2. The topological polar surface area (TPSA) is 189 Å². The highest BCUT2D eigenvalue weighted by Crippen LogP contribution is 2.32. The van der Waals surface area contributed by atoms with Gasteiger partial charge in [-0.05, 0) is 23.3 Å². The number of benzene rings is 2. The minimum atomic E-state index is -1.26. The summed E-state index contributed by atoms with van der Waals surface area (Å²) in [6.45, 7) is -0.852. The Morgan fingerprint density at radius 3 is 1.46 bits per heavy atom. The molecule has 0 aliphatic heterocycles. The van der Waals surface area contributed by atoms with Crippen LogP contribution in [0.25, 0.3) is 21.8 Å². The third-order valence-corrected chi connectivity index (χ3v) is 6.97. The Hall–Kier alpha value is -4.68. The summed E-state index contributed by atoms with van der Waals surface area (Å²) in [4.78, 5) is 56.8. The van der Waals surface area contributed by atoms with Crippen LogP contribution in [-0.2, 0) is 51.0 Å². The molecule has 1 fully saturated rings. The standard InChI is InChI=1S/C29H30N4O8/c30-12-26(36)38-22-11-23(39-27(37)13-31)29(41-25(35)10-17-15-33-21-8-4-2-6-19(17)21)28(22)40-24(34)9-16-14-32-20-7-3-1-5-18(16)20/h1-8,14-15,22-23,28-29,32-33H,9-13,30-31H2/t22?,23?,28-,29?/m1/s1. The van der Waals surface area contributed by atoms with Crippen LogP contribution >= 0.6 is 0 Å². The van der Waals surface area contributed by atoms with Crippen LogP contribution in [0.3, 0.4) is 0 Å². The number of H-pyrrole nitrogens is 2. The zero-order valence-electron chi connectivity index (χ0n) is 22.0. The molecule has 1 saturated carbocycles. The van der Waals surface area contributed by atoms with Crippen molar-refractivity contribution in [3.63, 3.8) is 0 Å². The SMILES string of the molecule is NCC(=O)OC1CC(OC(=O)CN)[C@@H](OC(=O)Cc2c[nH]c3ccccc23)C1OC(=O)Cc1c[nH]c2ccccc12. The fourth-order valence-corrected chi connectivity index (χ4v) is 5.12. The largest absolute Gasteiger partial charge is 0.457 e. The summed E-state index contributed by atoms with van der Waals surface area (Å²) in [6, 6.07) is 14.9. The highest BCUT2D eigenvalue weighted by molar-refractivity contribution is 5.88. The maximum atomic E-state index is 13.2. The second-order valence-corrected chi connectivity index (χ2v) is 9.68. The molecule has 2 aromatic carbocycles. The summed E-state index contributed by atoms with van der Waals surface area (Å²) in [7, 11) is 0. The molecular weight excluding hydrogens is 532 g/mol. The number of hydrogen-bond acceptors (Lipinski definition) is 10. The van der Waals surface area contributed by atoms with E-state index in [4.69, 9.17) is 30.4 Å². The number of nitrogens with one attached hydrogen (secondary N) is 2. The van der Waals surface area contributed by atoms with Crippen LogP contribution in [-0.4, -0.2) is 71.4 Å². The summed E-state index contributed by atoms with van der Waals surface area (Å²) in [6.07, 6.45) is -1.58. The number of aromatic amines is 2. The molecule has 0 bridgehead atoms. The molecule has 0 amide bonds. The molecule has 0 saturated heterocycles. The van der Waals surface area contributed by atoms with Gasteiger partial charge in [0.05, 0.1) is 25.9 Å². The molecule has 12 nitrogen and oxygen atoms in total. The molecule has 41 heavy (non-hydrogen) atoms. The van der Waals surface area contributed by atoms with Crippen molar-refractivity contribution in [1.82, 2.24) is 9.97 Å². The highest BCUT2D eigenvalue weighted by Gasteiger charge is 2.52. The average molecular weight is 563 g/mol. The lowest BCUT2D eigenvalue weighted by Gasteiger charge is -2.26. The molecule has 2 aromatic heterocycles. The van der Waals surface area contributed by atoms with Crippen molar-refractivity contribution < 1.29 is 38.1 Å². The lowest BCUT2D eigenvalue weighted by atomic mass is 10.1. The molecule has 0 spiro atoms. The van der Waals surface area contributed by atoms with E-state index in [1.807, 2.05) is 48.5 Å². The number of esters is 4. The van der Waals surface area contributed by atoms with Gasteiger partial charge < -0.3 is 40.4 Å². The van der Waals surface area contributed by atoms with E-state index in [1.165, 1.54) is 0 Å². The molecule has 12 heteroatoms. The first-order valence-electron chi connectivity index (χ1n) is 13.1. The Labute approximate surface area is 234 Å². The van der Waals surface area contributed by atoms with Gasteiger partial charge in [-0.1, -0.05) is 36.4 Å². The van der Waals surface area contributed by atoms with Gasteiger partial charge in [0.25, 0.3) is 0 Å². The van der Waals surface area contributed by atoms with E-state index in [0.717, 1.165) is 21.8 Å². The normalized spacial score (nSPS) is 20.1. The highest BCUT2D eigenvalue weighted by atomic mass is 16.6. The molecular formula is C29H30N4O8. The number of aromatic nitrogens is 2. The molecule has 4 aromatic rings. The molecule has 1 aliphatic carbocycles. The maximum absolute atomic E-state index is 13.2. The van der Waals surface area contributed by atoms with Crippen LogP contribution in [0, 0.1) is 0 Å². The van der Waals surface area contributed by atoms with Gasteiger partial charge in [-0.25, -0.2) is 0 Å². The fourth-order valence-electron chi connectivity index (χ4n) is 5.12. The molecule has 2 heterocycles. The van der Waals surface area contributed by atoms with Crippen molar-refractivity contribution in [3.05, 3.63) is 72.1 Å². The maximum Gasteiger partial charge on any atom is 0.320 e. The fraction of sp³-hybridized carbons (Fsp3) is 0.310. The lowest BCUT2D eigenvalue weighted by Crippen LogP contribution is -2.43. The van der Waals surface area contributed by atoms with Crippen molar-refractivity contribution in [2.24, 2.45) is 11.5 Å². The van der Waals surface area contributed by atoms with E-state index in [1.54, 1.807) is 12.4 Å². The van der Waals surface area contributed by atoms with Crippen molar-refractivity contribution in [3.8, 4) is 0 Å². The van der Waals surface area contributed by atoms with Crippen LogP contribution in [0.15, 0.2) is 60.9 Å². The zero-order valence-corrected chi connectivity index (χ0v) is 22.0. The Morgan fingerprint density at radius 2 is 1.05 bits per heavy atom. The third kappa shape index (κ3) is 6.23. The van der Waals surface area contributed by atoms with Gasteiger partial charge in [-0.2, -0.15) is 0 Å². The van der Waals surface area contributed by atoms with E-state index in [9.17, 15) is 19.2 Å². The number of hydrogen-bond donors (Lipinski definition) is 4. The first-order chi connectivity index (χ1) is 19.9. The Morgan fingerprint density at radius 1 is 0.634 bits per heavy atom. The van der Waals surface area contributed by atoms with Crippen molar-refractivity contribution in [2.75, 3.05) is 13.1 Å². The molecule has 3 unspecified atom stereocenters. The van der Waals surface area contributed by atoms with E-state index >= 15 is 0 Å². The summed E-state index contributed by atoms with van der Waals surface area (Å²) >= 11 is 0. The number of nitrogens with two attached hydrogens (primary N) is 2. The third-order valence-electron chi connectivity index (χ3n) is 6.97. The van der Waals surface area contributed by atoms with Gasteiger partial charge in [0.2, 0.25) is 0 Å². The number of ether oxygens (including phenoxy) is 4. The van der Waals surface area contributed by atoms with E-state index in [0.29, 0.717) is 11.1 Å². The number of rotatable bonds is 10. The van der Waals surface area contributed by atoms with Crippen LogP contribution in [0.5, 0.6) is 0 Å². The molecule has 1 aliphatic rings. The predicted octanol–water partition coefficient (Wildman–Crippen LogP) is 1.40.